The molecule has 0 spiro atoms. The van der Waals surface area contributed by atoms with Crippen LogP contribution >= 0.6 is 15.9 Å². The first-order chi connectivity index (χ1) is 9.11. The van der Waals surface area contributed by atoms with Crippen molar-refractivity contribution >= 4 is 21.7 Å². The normalized spacial score (nSPS) is 10.0. The highest BCUT2D eigenvalue weighted by molar-refractivity contribution is 9.10. The summed E-state index contributed by atoms with van der Waals surface area (Å²) in [5.41, 5.74) is 2.14. The zero-order valence-electron chi connectivity index (χ0n) is 10.2. The SMILES string of the molecule is Cc1ccnc(NCc2cc(F)ccc2Br)c1C#N. The molecule has 0 radical (unpaired) electrons. The number of hydrogen-bond acceptors (Lipinski definition) is 3. The monoisotopic (exact) mass is 319 g/mol. The van der Waals surface area contributed by atoms with Crippen LogP contribution in [0.5, 0.6) is 0 Å². The lowest BCUT2D eigenvalue weighted by Gasteiger charge is -2.10. The summed E-state index contributed by atoms with van der Waals surface area (Å²) in [6.07, 6.45) is 1.64. The van der Waals surface area contributed by atoms with Crippen LogP contribution in [0.4, 0.5) is 10.2 Å². The van der Waals surface area contributed by atoms with Gasteiger partial charge in [-0.05, 0) is 42.3 Å². The fourth-order valence-electron chi connectivity index (χ4n) is 1.69. The van der Waals surface area contributed by atoms with E-state index in [0.717, 1.165) is 15.6 Å². The Morgan fingerprint density at radius 2 is 2.21 bits per heavy atom. The summed E-state index contributed by atoms with van der Waals surface area (Å²) in [7, 11) is 0. The third kappa shape index (κ3) is 3.09. The maximum atomic E-state index is 13.2. The van der Waals surface area contributed by atoms with Gasteiger partial charge in [-0.2, -0.15) is 5.26 Å². The number of aryl methyl sites for hydroxylation is 1. The van der Waals surface area contributed by atoms with E-state index in [2.05, 4.69) is 32.3 Å². The van der Waals surface area contributed by atoms with Crippen LogP contribution in [0.3, 0.4) is 0 Å². The van der Waals surface area contributed by atoms with Gasteiger partial charge >= 0.3 is 0 Å². The molecular formula is C14H11BrFN3. The van der Waals surface area contributed by atoms with Crippen molar-refractivity contribution < 1.29 is 4.39 Å². The number of halogens is 2. The molecule has 1 aromatic carbocycles. The zero-order valence-corrected chi connectivity index (χ0v) is 11.8. The molecule has 5 heteroatoms. The molecule has 1 heterocycles. The molecule has 1 N–H and O–H groups in total. The first-order valence-electron chi connectivity index (χ1n) is 5.65. The van der Waals surface area contributed by atoms with Crippen molar-refractivity contribution in [3.05, 3.63) is 57.4 Å². The second-order valence-corrected chi connectivity index (χ2v) is 4.91. The van der Waals surface area contributed by atoms with Gasteiger partial charge in [-0.15, -0.1) is 0 Å². The lowest BCUT2D eigenvalue weighted by atomic mass is 10.1. The zero-order chi connectivity index (χ0) is 13.8. The summed E-state index contributed by atoms with van der Waals surface area (Å²) >= 11 is 3.36. The summed E-state index contributed by atoms with van der Waals surface area (Å²) in [4.78, 5) is 4.13. The van der Waals surface area contributed by atoms with E-state index in [1.165, 1.54) is 12.1 Å². The van der Waals surface area contributed by atoms with Crippen molar-refractivity contribution in [2.24, 2.45) is 0 Å². The summed E-state index contributed by atoms with van der Waals surface area (Å²) in [5.74, 6) is 0.219. The predicted molar refractivity (Wildman–Crippen MR) is 75.1 cm³/mol. The predicted octanol–water partition coefficient (Wildman–Crippen LogP) is 3.78. The molecule has 0 bridgehead atoms. The molecule has 0 aliphatic carbocycles. The van der Waals surface area contributed by atoms with Gasteiger partial charge in [0.2, 0.25) is 0 Å². The quantitative estimate of drug-likeness (QED) is 0.936. The van der Waals surface area contributed by atoms with Gasteiger partial charge in [-0.3, -0.25) is 0 Å². The first kappa shape index (κ1) is 13.5. The van der Waals surface area contributed by atoms with Gasteiger partial charge in [0.05, 0.1) is 5.56 Å². The summed E-state index contributed by atoms with van der Waals surface area (Å²) in [6, 6.07) is 8.38. The maximum Gasteiger partial charge on any atom is 0.144 e. The first-order valence-corrected chi connectivity index (χ1v) is 6.44. The van der Waals surface area contributed by atoms with Crippen molar-refractivity contribution in [2.45, 2.75) is 13.5 Å². The molecule has 2 rings (SSSR count). The molecule has 0 saturated heterocycles. The molecule has 1 aromatic heterocycles. The number of pyridine rings is 1. The van der Waals surface area contributed by atoms with Crippen molar-refractivity contribution in [1.82, 2.24) is 4.98 Å². The highest BCUT2D eigenvalue weighted by atomic mass is 79.9. The number of anilines is 1. The lowest BCUT2D eigenvalue weighted by molar-refractivity contribution is 0.625. The van der Waals surface area contributed by atoms with Crippen LogP contribution in [0.15, 0.2) is 34.9 Å². The molecule has 96 valence electrons. The van der Waals surface area contributed by atoms with Gasteiger partial charge in [-0.1, -0.05) is 15.9 Å². The number of benzene rings is 1. The van der Waals surface area contributed by atoms with Crippen LogP contribution < -0.4 is 5.32 Å². The number of rotatable bonds is 3. The average molecular weight is 320 g/mol. The molecule has 19 heavy (non-hydrogen) atoms. The van der Waals surface area contributed by atoms with E-state index in [0.29, 0.717) is 17.9 Å². The van der Waals surface area contributed by atoms with Crippen molar-refractivity contribution in [2.75, 3.05) is 5.32 Å². The fraction of sp³-hybridized carbons (Fsp3) is 0.143. The van der Waals surface area contributed by atoms with Crippen molar-refractivity contribution in [3.63, 3.8) is 0 Å². The van der Waals surface area contributed by atoms with Crippen LogP contribution in [0.2, 0.25) is 0 Å². The minimum atomic E-state index is -0.294. The van der Waals surface area contributed by atoms with Crippen LogP contribution in [0, 0.1) is 24.1 Å². The van der Waals surface area contributed by atoms with Gasteiger partial charge < -0.3 is 5.32 Å². The second-order valence-electron chi connectivity index (χ2n) is 4.05. The fourth-order valence-corrected chi connectivity index (χ4v) is 2.08. The third-order valence-electron chi connectivity index (χ3n) is 2.73. The Morgan fingerprint density at radius 3 is 2.95 bits per heavy atom. The maximum absolute atomic E-state index is 13.2. The largest absolute Gasteiger partial charge is 0.365 e. The Kier molecular flexibility index (Phi) is 4.13. The number of hydrogen-bond donors (Lipinski definition) is 1. The molecule has 0 amide bonds. The summed E-state index contributed by atoms with van der Waals surface area (Å²) < 4.78 is 14.0. The van der Waals surface area contributed by atoms with E-state index < -0.39 is 0 Å². The minimum Gasteiger partial charge on any atom is -0.365 e. The number of nitrogens with one attached hydrogen (secondary N) is 1. The highest BCUT2D eigenvalue weighted by Crippen LogP contribution is 2.20. The van der Waals surface area contributed by atoms with Gasteiger partial charge in [0, 0.05) is 17.2 Å². The number of aromatic nitrogens is 1. The minimum absolute atomic E-state index is 0.294. The number of nitrogens with zero attached hydrogens (tertiary/aromatic N) is 2. The Hall–Kier alpha value is -1.93. The van der Waals surface area contributed by atoms with Crippen LogP contribution in [-0.4, -0.2) is 4.98 Å². The van der Waals surface area contributed by atoms with Crippen LogP contribution in [0.25, 0.3) is 0 Å². The summed E-state index contributed by atoms with van der Waals surface area (Å²) in [6.45, 7) is 2.24. The van der Waals surface area contributed by atoms with Crippen molar-refractivity contribution in [3.8, 4) is 6.07 Å². The Bertz CT molecular complexity index is 650. The van der Waals surface area contributed by atoms with E-state index in [-0.39, 0.29) is 5.82 Å². The number of nitriles is 1. The Morgan fingerprint density at radius 1 is 1.42 bits per heavy atom. The van der Waals surface area contributed by atoms with E-state index in [4.69, 9.17) is 5.26 Å². The van der Waals surface area contributed by atoms with Gasteiger partial charge in [0.1, 0.15) is 17.7 Å². The van der Waals surface area contributed by atoms with Gasteiger partial charge in [0.15, 0.2) is 0 Å². The standard InChI is InChI=1S/C14H11BrFN3/c1-9-4-5-18-14(12(9)7-17)19-8-10-6-11(16)2-3-13(10)15/h2-6H,8H2,1H3,(H,18,19). The van der Waals surface area contributed by atoms with E-state index >= 15 is 0 Å². The van der Waals surface area contributed by atoms with Crippen LogP contribution in [0.1, 0.15) is 16.7 Å². The van der Waals surface area contributed by atoms with Gasteiger partial charge in [0.25, 0.3) is 0 Å². The smallest absolute Gasteiger partial charge is 0.144 e. The van der Waals surface area contributed by atoms with Gasteiger partial charge in [-0.25, -0.2) is 9.37 Å². The van der Waals surface area contributed by atoms with Crippen LogP contribution in [-0.2, 0) is 6.54 Å². The summed E-state index contributed by atoms with van der Waals surface area (Å²) in [5, 5.41) is 12.2. The second kappa shape index (κ2) is 5.81. The van der Waals surface area contributed by atoms with E-state index in [1.54, 1.807) is 18.3 Å². The molecule has 2 aromatic rings. The lowest BCUT2D eigenvalue weighted by Crippen LogP contribution is -2.05. The molecule has 0 atom stereocenters. The third-order valence-corrected chi connectivity index (χ3v) is 3.50. The molecule has 0 aliphatic rings. The Balaban J connectivity index is 2.22. The molecule has 0 saturated carbocycles. The van der Waals surface area contributed by atoms with E-state index in [1.807, 2.05) is 6.92 Å². The molecule has 0 fully saturated rings. The molecule has 3 nitrogen and oxygen atoms in total. The Labute approximate surface area is 119 Å². The molecule has 0 aliphatic heterocycles. The average Bonchev–Trinajstić information content (AvgIpc) is 2.40. The highest BCUT2D eigenvalue weighted by Gasteiger charge is 2.07. The van der Waals surface area contributed by atoms with E-state index in [9.17, 15) is 4.39 Å². The topological polar surface area (TPSA) is 48.7 Å². The molecule has 0 unspecified atom stereocenters. The van der Waals surface area contributed by atoms with Crippen molar-refractivity contribution in [1.29, 1.82) is 5.26 Å². The molecular weight excluding hydrogens is 309 g/mol.